The molecular formula is C19H18N2O3S. The van der Waals surface area contributed by atoms with E-state index >= 15 is 0 Å². The van der Waals surface area contributed by atoms with Crippen molar-refractivity contribution in [3.05, 3.63) is 71.3 Å². The molecule has 1 aliphatic heterocycles. The second kappa shape index (κ2) is 7.08. The van der Waals surface area contributed by atoms with Gasteiger partial charge in [0.05, 0.1) is 22.6 Å². The van der Waals surface area contributed by atoms with Crippen LogP contribution in [0.2, 0.25) is 0 Å². The topological polar surface area (TPSA) is 78.2 Å². The van der Waals surface area contributed by atoms with Crippen molar-refractivity contribution in [2.45, 2.75) is 11.7 Å². The molecule has 1 saturated heterocycles. The van der Waals surface area contributed by atoms with E-state index in [4.69, 9.17) is 5.26 Å². The van der Waals surface area contributed by atoms with Crippen molar-refractivity contribution in [1.29, 1.82) is 5.26 Å². The van der Waals surface area contributed by atoms with Gasteiger partial charge in [0.2, 0.25) is 0 Å². The molecule has 0 aliphatic carbocycles. The van der Waals surface area contributed by atoms with E-state index in [0.29, 0.717) is 24.1 Å². The first-order valence-electron chi connectivity index (χ1n) is 8.07. The van der Waals surface area contributed by atoms with E-state index in [1.807, 2.05) is 36.4 Å². The number of sulfone groups is 1. The van der Waals surface area contributed by atoms with Crippen LogP contribution in [0.15, 0.2) is 54.6 Å². The molecule has 0 saturated carbocycles. The highest BCUT2D eigenvalue weighted by atomic mass is 32.2. The lowest BCUT2D eigenvalue weighted by Crippen LogP contribution is -2.33. The number of hydrogen-bond acceptors (Lipinski definition) is 4. The summed E-state index contributed by atoms with van der Waals surface area (Å²) < 4.78 is 25.2. The number of carbonyl (C=O) groups is 1. The fourth-order valence-electron chi connectivity index (χ4n) is 3.06. The van der Waals surface area contributed by atoms with E-state index in [2.05, 4.69) is 0 Å². The minimum atomic E-state index is -3.31. The van der Waals surface area contributed by atoms with Crippen LogP contribution in [0.3, 0.4) is 0 Å². The summed E-state index contributed by atoms with van der Waals surface area (Å²) in [5.41, 5.74) is 1.73. The number of rotatable bonds is 2. The quantitative estimate of drug-likeness (QED) is 0.830. The van der Waals surface area contributed by atoms with Crippen molar-refractivity contribution in [1.82, 2.24) is 4.90 Å². The lowest BCUT2D eigenvalue weighted by Gasteiger charge is -2.20. The number of benzene rings is 2. The van der Waals surface area contributed by atoms with Gasteiger partial charge in [-0.2, -0.15) is 5.26 Å². The van der Waals surface area contributed by atoms with E-state index in [1.165, 1.54) is 0 Å². The molecule has 1 atom stereocenters. The van der Waals surface area contributed by atoms with Gasteiger partial charge in [0.1, 0.15) is 0 Å². The normalized spacial score (nSPS) is 19.6. The van der Waals surface area contributed by atoms with Gasteiger partial charge in [-0.3, -0.25) is 4.79 Å². The van der Waals surface area contributed by atoms with Gasteiger partial charge in [0.15, 0.2) is 9.84 Å². The van der Waals surface area contributed by atoms with Gasteiger partial charge in [-0.25, -0.2) is 8.42 Å². The van der Waals surface area contributed by atoms with Crippen LogP contribution in [-0.4, -0.2) is 38.1 Å². The van der Waals surface area contributed by atoms with Gasteiger partial charge in [0, 0.05) is 18.7 Å². The maximum Gasteiger partial charge on any atom is 0.253 e. The number of amides is 1. The van der Waals surface area contributed by atoms with Crippen molar-refractivity contribution >= 4 is 15.7 Å². The van der Waals surface area contributed by atoms with Crippen LogP contribution < -0.4 is 0 Å². The third-order valence-corrected chi connectivity index (χ3v) is 6.59. The van der Waals surface area contributed by atoms with Crippen LogP contribution in [0.5, 0.6) is 0 Å². The van der Waals surface area contributed by atoms with Gasteiger partial charge in [-0.1, -0.05) is 30.3 Å². The van der Waals surface area contributed by atoms with E-state index in [0.717, 1.165) is 5.56 Å². The molecule has 2 aromatic carbocycles. The van der Waals surface area contributed by atoms with Gasteiger partial charge in [-0.15, -0.1) is 0 Å². The Balaban J connectivity index is 1.80. The molecule has 1 unspecified atom stereocenters. The lowest BCUT2D eigenvalue weighted by atomic mass is 10.1. The monoisotopic (exact) mass is 354 g/mol. The molecule has 0 bridgehead atoms. The van der Waals surface area contributed by atoms with Gasteiger partial charge < -0.3 is 4.90 Å². The molecule has 3 rings (SSSR count). The molecule has 2 aromatic rings. The average molecular weight is 354 g/mol. The Bertz CT molecular complexity index is 900. The van der Waals surface area contributed by atoms with Gasteiger partial charge in [0.25, 0.3) is 5.91 Å². The van der Waals surface area contributed by atoms with Gasteiger partial charge >= 0.3 is 0 Å². The van der Waals surface area contributed by atoms with E-state index in [1.54, 1.807) is 29.2 Å². The van der Waals surface area contributed by atoms with Crippen LogP contribution in [0, 0.1) is 11.3 Å². The molecule has 6 heteroatoms. The smallest absolute Gasteiger partial charge is 0.253 e. The lowest BCUT2D eigenvalue weighted by molar-refractivity contribution is 0.0766. The van der Waals surface area contributed by atoms with Gasteiger partial charge in [-0.05, 0) is 36.2 Å². The fourth-order valence-corrected chi connectivity index (χ4v) is 4.85. The molecule has 0 spiro atoms. The standard InChI is InChI=1S/C19H18N2O3S/c20-14-15-6-8-17(9-7-15)19(22)21-11-10-18(25(23,24)13-12-21)16-4-2-1-3-5-16/h1-9,18H,10-13H2. The second-order valence-electron chi connectivity index (χ2n) is 6.04. The van der Waals surface area contributed by atoms with E-state index in [-0.39, 0.29) is 18.2 Å². The molecule has 5 nitrogen and oxygen atoms in total. The summed E-state index contributed by atoms with van der Waals surface area (Å²) >= 11 is 0. The Kier molecular flexibility index (Phi) is 4.86. The van der Waals surface area contributed by atoms with Crippen molar-refractivity contribution in [2.24, 2.45) is 0 Å². The zero-order chi connectivity index (χ0) is 17.9. The summed E-state index contributed by atoms with van der Waals surface area (Å²) in [4.78, 5) is 14.2. The van der Waals surface area contributed by atoms with Crippen LogP contribution in [0.4, 0.5) is 0 Å². The third kappa shape index (κ3) is 3.72. The van der Waals surface area contributed by atoms with E-state index in [9.17, 15) is 13.2 Å². The Hall–Kier alpha value is -2.65. The zero-order valence-corrected chi connectivity index (χ0v) is 14.4. The summed E-state index contributed by atoms with van der Waals surface area (Å²) in [5, 5.41) is 8.26. The minimum Gasteiger partial charge on any atom is -0.338 e. The Morgan fingerprint density at radius 1 is 1.04 bits per heavy atom. The predicted molar refractivity (Wildman–Crippen MR) is 94.6 cm³/mol. The summed E-state index contributed by atoms with van der Waals surface area (Å²) in [5.74, 6) is -0.248. The summed E-state index contributed by atoms with van der Waals surface area (Å²) in [6.07, 6.45) is 0.383. The van der Waals surface area contributed by atoms with Crippen LogP contribution in [0.25, 0.3) is 0 Å². The highest BCUT2D eigenvalue weighted by molar-refractivity contribution is 7.91. The van der Waals surface area contributed by atoms with Crippen molar-refractivity contribution in [3.63, 3.8) is 0 Å². The molecule has 0 N–H and O–H groups in total. The highest BCUT2D eigenvalue weighted by Gasteiger charge is 2.32. The number of carbonyl (C=O) groups excluding carboxylic acids is 1. The first-order chi connectivity index (χ1) is 12.0. The Morgan fingerprint density at radius 3 is 2.36 bits per heavy atom. The molecule has 1 amide bonds. The molecular weight excluding hydrogens is 336 g/mol. The summed E-state index contributed by atoms with van der Waals surface area (Å²) in [7, 11) is -3.31. The molecule has 1 heterocycles. The Morgan fingerprint density at radius 2 is 1.72 bits per heavy atom. The number of nitrogens with zero attached hydrogens (tertiary/aromatic N) is 2. The molecule has 1 aliphatic rings. The fraction of sp³-hybridized carbons (Fsp3) is 0.263. The number of nitriles is 1. The molecule has 25 heavy (non-hydrogen) atoms. The summed E-state index contributed by atoms with van der Waals surface area (Å²) in [6.45, 7) is 0.572. The molecule has 1 fully saturated rings. The third-order valence-electron chi connectivity index (χ3n) is 4.46. The first kappa shape index (κ1) is 17.2. The van der Waals surface area contributed by atoms with Crippen molar-refractivity contribution in [3.8, 4) is 6.07 Å². The van der Waals surface area contributed by atoms with Crippen LogP contribution in [0.1, 0.15) is 33.2 Å². The van der Waals surface area contributed by atoms with Crippen LogP contribution in [-0.2, 0) is 9.84 Å². The maximum atomic E-state index is 12.7. The molecule has 128 valence electrons. The van der Waals surface area contributed by atoms with Crippen molar-refractivity contribution in [2.75, 3.05) is 18.8 Å². The SMILES string of the molecule is N#Cc1ccc(C(=O)N2CCC(c3ccccc3)S(=O)(=O)CC2)cc1. The largest absolute Gasteiger partial charge is 0.338 e. The van der Waals surface area contributed by atoms with E-state index < -0.39 is 15.1 Å². The Labute approximate surface area is 147 Å². The predicted octanol–water partition coefficient (Wildman–Crippen LogP) is 2.56. The summed E-state index contributed by atoms with van der Waals surface area (Å²) in [6, 6.07) is 17.6. The minimum absolute atomic E-state index is 0.0470. The molecule has 0 aromatic heterocycles. The number of hydrogen-bond donors (Lipinski definition) is 0. The molecule has 0 radical (unpaired) electrons. The second-order valence-corrected chi connectivity index (χ2v) is 8.34. The highest BCUT2D eigenvalue weighted by Crippen LogP contribution is 2.29. The average Bonchev–Trinajstić information content (AvgIpc) is 2.80. The van der Waals surface area contributed by atoms with Crippen molar-refractivity contribution < 1.29 is 13.2 Å². The first-order valence-corrected chi connectivity index (χ1v) is 9.79. The van der Waals surface area contributed by atoms with Crippen LogP contribution >= 0.6 is 0 Å². The maximum absolute atomic E-state index is 12.7. The zero-order valence-electron chi connectivity index (χ0n) is 13.6.